The number of thioether (sulfide) groups is 1. The number of aliphatic carboxylic acids is 1. The third kappa shape index (κ3) is 3.16. The quantitative estimate of drug-likeness (QED) is 0.682. The van der Waals surface area contributed by atoms with E-state index in [2.05, 4.69) is 0 Å². The lowest BCUT2D eigenvalue weighted by molar-refractivity contribution is -0.145. The van der Waals surface area contributed by atoms with Crippen molar-refractivity contribution in [3.05, 3.63) is 40.3 Å². The van der Waals surface area contributed by atoms with Gasteiger partial charge in [-0.3, -0.25) is 9.69 Å². The maximum atomic E-state index is 12.4. The number of hydrogen-bond donors (Lipinski definition) is 1. The van der Waals surface area contributed by atoms with Crippen LogP contribution in [0.3, 0.4) is 0 Å². The lowest BCUT2D eigenvalue weighted by Gasteiger charge is -2.21. The Balaban J connectivity index is 2.34. The van der Waals surface area contributed by atoms with E-state index in [0.717, 1.165) is 22.9 Å². The van der Waals surface area contributed by atoms with Crippen LogP contribution in [0.2, 0.25) is 0 Å². The number of carboxylic acid groups (broad SMARTS) is 1. The summed E-state index contributed by atoms with van der Waals surface area (Å²) in [5.74, 6) is -1.37. The fourth-order valence-electron chi connectivity index (χ4n) is 2.11. The number of carbonyl (C=O) groups excluding carboxylic acids is 1. The molecule has 0 saturated carbocycles. The van der Waals surface area contributed by atoms with E-state index in [9.17, 15) is 14.7 Å². The van der Waals surface area contributed by atoms with Crippen molar-refractivity contribution in [2.75, 3.05) is 0 Å². The van der Waals surface area contributed by atoms with E-state index in [4.69, 9.17) is 12.2 Å². The number of thiocarbonyl (C=S) groups is 1. The Bertz CT molecular complexity index is 640. The minimum atomic E-state index is -1.04. The average molecular weight is 321 g/mol. The van der Waals surface area contributed by atoms with Crippen LogP contribution in [-0.4, -0.2) is 32.2 Å². The third-order valence-electron chi connectivity index (χ3n) is 3.28. The van der Waals surface area contributed by atoms with E-state index in [1.165, 1.54) is 4.90 Å². The molecular formula is C15H15NO3S2. The molecule has 1 saturated heterocycles. The van der Waals surface area contributed by atoms with Gasteiger partial charge in [0, 0.05) is 0 Å². The molecule has 1 unspecified atom stereocenters. The number of aryl methyl sites for hydroxylation is 1. The summed E-state index contributed by atoms with van der Waals surface area (Å²) in [4.78, 5) is 25.3. The number of rotatable bonds is 4. The van der Waals surface area contributed by atoms with E-state index in [-0.39, 0.29) is 5.91 Å². The maximum Gasteiger partial charge on any atom is 0.326 e. The summed E-state index contributed by atoms with van der Waals surface area (Å²) < 4.78 is 0.300. The van der Waals surface area contributed by atoms with Crippen molar-refractivity contribution in [1.29, 1.82) is 0 Å². The highest BCUT2D eigenvalue weighted by Crippen LogP contribution is 2.34. The van der Waals surface area contributed by atoms with Crippen LogP contribution in [-0.2, 0) is 9.59 Å². The lowest BCUT2D eigenvalue weighted by atomic mass is 10.1. The van der Waals surface area contributed by atoms with Gasteiger partial charge < -0.3 is 5.11 Å². The van der Waals surface area contributed by atoms with Gasteiger partial charge in [-0.05, 0) is 30.5 Å². The highest BCUT2D eigenvalue weighted by molar-refractivity contribution is 8.26. The summed E-state index contributed by atoms with van der Waals surface area (Å²) in [5, 5.41) is 9.21. The van der Waals surface area contributed by atoms with Crippen LogP contribution in [0, 0.1) is 6.92 Å². The molecule has 1 atom stereocenters. The molecule has 0 radical (unpaired) electrons. The third-order valence-corrected chi connectivity index (χ3v) is 4.61. The van der Waals surface area contributed by atoms with Crippen molar-refractivity contribution in [2.24, 2.45) is 0 Å². The molecule has 0 spiro atoms. The van der Waals surface area contributed by atoms with Gasteiger partial charge in [0.1, 0.15) is 10.4 Å². The smallest absolute Gasteiger partial charge is 0.326 e. The van der Waals surface area contributed by atoms with Gasteiger partial charge in [-0.2, -0.15) is 0 Å². The summed E-state index contributed by atoms with van der Waals surface area (Å²) in [5.41, 5.74) is 1.98. The molecule has 1 heterocycles. The number of amides is 1. The Morgan fingerprint density at radius 1 is 1.48 bits per heavy atom. The van der Waals surface area contributed by atoms with Crippen LogP contribution in [0.1, 0.15) is 24.5 Å². The molecule has 1 aliphatic heterocycles. The fraction of sp³-hybridized carbons (Fsp3) is 0.267. The largest absolute Gasteiger partial charge is 0.480 e. The molecule has 110 valence electrons. The van der Waals surface area contributed by atoms with Crippen molar-refractivity contribution < 1.29 is 14.7 Å². The van der Waals surface area contributed by atoms with Crippen molar-refractivity contribution in [3.63, 3.8) is 0 Å². The van der Waals surface area contributed by atoms with Gasteiger partial charge in [0.25, 0.3) is 5.91 Å². The fourth-order valence-corrected chi connectivity index (χ4v) is 3.45. The summed E-state index contributed by atoms with van der Waals surface area (Å²) in [7, 11) is 0. The molecule has 0 bridgehead atoms. The Morgan fingerprint density at radius 3 is 2.71 bits per heavy atom. The summed E-state index contributed by atoms with van der Waals surface area (Å²) in [6.45, 7) is 3.68. The zero-order valence-electron chi connectivity index (χ0n) is 11.7. The Kier molecular flexibility index (Phi) is 4.80. The first-order valence-corrected chi connectivity index (χ1v) is 7.73. The number of carbonyl (C=O) groups is 2. The predicted molar refractivity (Wildman–Crippen MR) is 87.9 cm³/mol. The van der Waals surface area contributed by atoms with Crippen LogP contribution < -0.4 is 0 Å². The number of benzene rings is 1. The van der Waals surface area contributed by atoms with Crippen LogP contribution >= 0.6 is 24.0 Å². The molecule has 1 aliphatic rings. The molecule has 1 fully saturated rings. The van der Waals surface area contributed by atoms with Crippen molar-refractivity contribution in [3.8, 4) is 0 Å². The minimum Gasteiger partial charge on any atom is -0.480 e. The van der Waals surface area contributed by atoms with Crippen LogP contribution in [0.15, 0.2) is 29.2 Å². The Labute approximate surface area is 132 Å². The van der Waals surface area contributed by atoms with Crippen molar-refractivity contribution in [1.82, 2.24) is 4.90 Å². The second-order valence-corrected chi connectivity index (χ2v) is 6.35. The summed E-state index contributed by atoms with van der Waals surface area (Å²) in [6.07, 6.45) is 2.09. The molecule has 1 amide bonds. The number of nitrogens with zero attached hydrogens (tertiary/aromatic N) is 1. The minimum absolute atomic E-state index is 0.300. The normalized spacial score (nSPS) is 18.4. The van der Waals surface area contributed by atoms with E-state index < -0.39 is 12.0 Å². The zero-order valence-corrected chi connectivity index (χ0v) is 13.3. The second kappa shape index (κ2) is 6.41. The first kappa shape index (κ1) is 15.7. The number of carboxylic acids is 1. The summed E-state index contributed by atoms with van der Waals surface area (Å²) >= 11 is 6.32. The van der Waals surface area contributed by atoms with Crippen LogP contribution in [0.25, 0.3) is 6.08 Å². The molecule has 1 aromatic rings. The van der Waals surface area contributed by atoms with E-state index in [1.54, 1.807) is 13.0 Å². The van der Waals surface area contributed by atoms with Crippen molar-refractivity contribution >= 4 is 46.3 Å². The molecule has 6 heteroatoms. The molecular weight excluding hydrogens is 306 g/mol. The monoisotopic (exact) mass is 321 g/mol. The van der Waals surface area contributed by atoms with Gasteiger partial charge >= 0.3 is 5.97 Å². The highest BCUT2D eigenvalue weighted by atomic mass is 32.2. The topological polar surface area (TPSA) is 57.6 Å². The van der Waals surface area contributed by atoms with Crippen LogP contribution in [0.4, 0.5) is 0 Å². The molecule has 1 N–H and O–H groups in total. The first-order chi connectivity index (χ1) is 9.95. The molecule has 21 heavy (non-hydrogen) atoms. The van der Waals surface area contributed by atoms with Gasteiger partial charge in [-0.15, -0.1) is 0 Å². The van der Waals surface area contributed by atoms with E-state index in [1.807, 2.05) is 31.2 Å². The molecule has 0 aromatic heterocycles. The van der Waals surface area contributed by atoms with Gasteiger partial charge in [-0.25, -0.2) is 4.79 Å². The predicted octanol–water partition coefficient (Wildman–Crippen LogP) is 3.06. The number of hydrogen-bond acceptors (Lipinski definition) is 4. The standard InChI is InChI=1S/C15H15NO3S2/c1-3-11(14(18)19)16-13(17)12(21-15(16)20)8-10-7-5-4-6-9(10)2/h4-8,11H,3H2,1-2H3,(H,18,19)/b12-8-. The Hall–Kier alpha value is -1.66. The molecule has 0 aliphatic carbocycles. The van der Waals surface area contributed by atoms with Crippen molar-refractivity contribution in [2.45, 2.75) is 26.3 Å². The lowest BCUT2D eigenvalue weighted by Crippen LogP contribution is -2.43. The van der Waals surface area contributed by atoms with Gasteiger partial charge in [0.2, 0.25) is 0 Å². The molecule has 1 aromatic carbocycles. The van der Waals surface area contributed by atoms with Gasteiger partial charge in [-0.1, -0.05) is 55.2 Å². The Morgan fingerprint density at radius 2 is 2.14 bits per heavy atom. The van der Waals surface area contributed by atoms with Crippen LogP contribution in [0.5, 0.6) is 0 Å². The SMILES string of the molecule is CCC(C(=O)O)N1C(=O)/C(=C/c2ccccc2C)SC1=S. The highest BCUT2D eigenvalue weighted by Gasteiger charge is 2.39. The molecule has 2 rings (SSSR count). The van der Waals surface area contributed by atoms with Gasteiger partial charge in [0.05, 0.1) is 4.91 Å². The summed E-state index contributed by atoms with van der Waals surface area (Å²) in [6, 6.07) is 6.79. The second-order valence-electron chi connectivity index (χ2n) is 4.67. The molecule has 4 nitrogen and oxygen atoms in total. The van der Waals surface area contributed by atoms with E-state index in [0.29, 0.717) is 15.6 Å². The zero-order chi connectivity index (χ0) is 15.6. The van der Waals surface area contributed by atoms with E-state index >= 15 is 0 Å². The maximum absolute atomic E-state index is 12.4. The van der Waals surface area contributed by atoms with Gasteiger partial charge in [0.15, 0.2) is 0 Å². The average Bonchev–Trinajstić information content (AvgIpc) is 2.70. The first-order valence-electron chi connectivity index (χ1n) is 6.51.